The highest BCUT2D eigenvalue weighted by atomic mass is 32.2. The largest absolute Gasteiger partial charge is 0.466 e. The van der Waals surface area contributed by atoms with Gasteiger partial charge in [0.15, 0.2) is 0 Å². The Bertz CT molecular complexity index is 323. The van der Waals surface area contributed by atoms with Crippen LogP contribution in [0.2, 0.25) is 0 Å². The van der Waals surface area contributed by atoms with Crippen molar-refractivity contribution in [2.75, 3.05) is 18.1 Å². The molecular formula is C22H43NO2S. The highest BCUT2D eigenvalue weighted by molar-refractivity contribution is 7.99. The Morgan fingerprint density at radius 3 is 2.00 bits per heavy atom. The Labute approximate surface area is 167 Å². The maximum absolute atomic E-state index is 11.6. The zero-order valence-electron chi connectivity index (χ0n) is 17.5. The molecule has 0 aliphatic rings. The van der Waals surface area contributed by atoms with Crippen LogP contribution >= 0.6 is 11.8 Å². The van der Waals surface area contributed by atoms with E-state index in [0.29, 0.717) is 19.1 Å². The fraction of sp³-hybridized carbons (Fsp3) is 0.909. The van der Waals surface area contributed by atoms with E-state index in [2.05, 4.69) is 25.6 Å². The van der Waals surface area contributed by atoms with E-state index in [4.69, 9.17) is 4.74 Å². The van der Waals surface area contributed by atoms with Crippen LogP contribution in [0.15, 0.2) is 4.99 Å². The lowest BCUT2D eigenvalue weighted by molar-refractivity contribution is -0.143. The van der Waals surface area contributed by atoms with Gasteiger partial charge < -0.3 is 4.74 Å². The first-order chi connectivity index (χ1) is 12.7. The first kappa shape index (κ1) is 25.5. The first-order valence-electron chi connectivity index (χ1n) is 10.9. The monoisotopic (exact) mass is 385 g/mol. The van der Waals surface area contributed by atoms with Crippen molar-refractivity contribution in [1.29, 1.82) is 0 Å². The lowest BCUT2D eigenvalue weighted by Crippen LogP contribution is -2.07. The molecule has 0 N–H and O–H groups in total. The summed E-state index contributed by atoms with van der Waals surface area (Å²) in [6, 6.07) is 0.320. The van der Waals surface area contributed by atoms with Gasteiger partial charge in [0.25, 0.3) is 0 Å². The molecule has 154 valence electrons. The first-order valence-corrected chi connectivity index (χ1v) is 12.0. The molecule has 1 unspecified atom stereocenters. The van der Waals surface area contributed by atoms with Crippen molar-refractivity contribution < 1.29 is 9.53 Å². The minimum Gasteiger partial charge on any atom is -0.466 e. The number of aliphatic imine (C=N–C) groups is 1. The Kier molecular flexibility index (Phi) is 20.4. The van der Waals surface area contributed by atoms with Crippen molar-refractivity contribution in [2.24, 2.45) is 4.99 Å². The van der Waals surface area contributed by atoms with E-state index in [-0.39, 0.29) is 5.97 Å². The Balaban J connectivity index is 3.17. The number of ether oxygens (including phenoxy) is 1. The molecular weight excluding hydrogens is 342 g/mol. The molecule has 3 nitrogen and oxygen atoms in total. The number of hydrogen-bond donors (Lipinski definition) is 0. The summed E-state index contributed by atoms with van der Waals surface area (Å²) in [6.45, 7) is 8.47. The third kappa shape index (κ3) is 19.8. The molecule has 0 rings (SSSR count). The molecule has 0 bridgehead atoms. The fourth-order valence-corrected chi connectivity index (χ4v) is 3.83. The zero-order valence-corrected chi connectivity index (χ0v) is 18.3. The molecule has 0 aromatic carbocycles. The molecule has 4 heteroatoms. The van der Waals surface area contributed by atoms with Gasteiger partial charge in [-0.2, -0.15) is 11.8 Å². The van der Waals surface area contributed by atoms with Crippen LogP contribution in [0.25, 0.3) is 0 Å². The highest BCUT2D eigenvalue weighted by Gasteiger charge is 2.03. The molecule has 0 aliphatic heterocycles. The van der Waals surface area contributed by atoms with E-state index in [1.807, 2.05) is 0 Å². The third-order valence-electron chi connectivity index (χ3n) is 4.70. The van der Waals surface area contributed by atoms with Crippen LogP contribution in [0.4, 0.5) is 0 Å². The van der Waals surface area contributed by atoms with E-state index >= 15 is 0 Å². The fourth-order valence-electron chi connectivity index (χ4n) is 2.80. The lowest BCUT2D eigenvalue weighted by atomic mass is 10.1. The number of nitrogens with zero attached hydrogens (tertiary/aromatic N) is 1. The van der Waals surface area contributed by atoms with Crippen LogP contribution in [0, 0.1) is 0 Å². The SMILES string of the molecule is C=NC(C)CCSCCC(=O)OCCCCCCCCCCCCCC. The lowest BCUT2D eigenvalue weighted by Gasteiger charge is -2.06. The smallest absolute Gasteiger partial charge is 0.306 e. The average molecular weight is 386 g/mol. The molecule has 0 amide bonds. The van der Waals surface area contributed by atoms with Crippen molar-refractivity contribution in [1.82, 2.24) is 0 Å². The zero-order chi connectivity index (χ0) is 19.3. The van der Waals surface area contributed by atoms with E-state index in [9.17, 15) is 4.79 Å². The van der Waals surface area contributed by atoms with Crippen molar-refractivity contribution in [3.63, 3.8) is 0 Å². The van der Waals surface area contributed by atoms with Gasteiger partial charge in [-0.3, -0.25) is 9.79 Å². The normalized spacial score (nSPS) is 12.1. The number of carbonyl (C=O) groups excluding carboxylic acids is 1. The van der Waals surface area contributed by atoms with Crippen LogP contribution in [0.3, 0.4) is 0 Å². The van der Waals surface area contributed by atoms with Crippen molar-refractivity contribution in [2.45, 2.75) is 110 Å². The quantitative estimate of drug-likeness (QED) is 0.131. The molecule has 0 fully saturated rings. The van der Waals surface area contributed by atoms with Gasteiger partial charge in [0.05, 0.1) is 13.0 Å². The summed E-state index contributed by atoms with van der Waals surface area (Å²) < 4.78 is 5.30. The summed E-state index contributed by atoms with van der Waals surface area (Å²) in [4.78, 5) is 15.6. The van der Waals surface area contributed by atoms with Crippen LogP contribution in [0.1, 0.15) is 104 Å². The maximum Gasteiger partial charge on any atom is 0.306 e. The van der Waals surface area contributed by atoms with Gasteiger partial charge in [0.2, 0.25) is 0 Å². The highest BCUT2D eigenvalue weighted by Crippen LogP contribution is 2.12. The summed E-state index contributed by atoms with van der Waals surface area (Å²) in [6.07, 6.45) is 17.5. The summed E-state index contributed by atoms with van der Waals surface area (Å²) in [5.74, 6) is 1.84. The van der Waals surface area contributed by atoms with Gasteiger partial charge in [-0.1, -0.05) is 77.6 Å². The number of carbonyl (C=O) groups is 1. The second-order valence-electron chi connectivity index (χ2n) is 7.29. The molecule has 1 atom stereocenters. The number of hydrogen-bond acceptors (Lipinski definition) is 4. The Hall–Kier alpha value is -0.510. The molecule has 0 saturated heterocycles. The van der Waals surface area contributed by atoms with E-state index in [1.165, 1.54) is 70.6 Å². The number of unbranched alkanes of at least 4 members (excludes halogenated alkanes) is 11. The average Bonchev–Trinajstić information content (AvgIpc) is 2.65. The topological polar surface area (TPSA) is 38.7 Å². The van der Waals surface area contributed by atoms with Gasteiger partial charge in [-0.25, -0.2) is 0 Å². The van der Waals surface area contributed by atoms with Crippen molar-refractivity contribution in [3.05, 3.63) is 0 Å². The molecule has 0 aromatic rings. The predicted octanol–water partition coefficient (Wildman–Crippen LogP) is 6.83. The molecule has 0 heterocycles. The van der Waals surface area contributed by atoms with Crippen LogP contribution in [-0.2, 0) is 9.53 Å². The predicted molar refractivity (Wildman–Crippen MR) is 118 cm³/mol. The maximum atomic E-state index is 11.6. The van der Waals surface area contributed by atoms with E-state index in [1.54, 1.807) is 11.8 Å². The summed E-state index contributed by atoms with van der Waals surface area (Å²) in [5, 5.41) is 0. The van der Waals surface area contributed by atoms with E-state index < -0.39 is 0 Å². The summed E-state index contributed by atoms with van der Waals surface area (Å²) >= 11 is 1.80. The van der Waals surface area contributed by atoms with Crippen LogP contribution < -0.4 is 0 Å². The van der Waals surface area contributed by atoms with Gasteiger partial charge >= 0.3 is 5.97 Å². The molecule has 0 spiro atoms. The Morgan fingerprint density at radius 1 is 0.923 bits per heavy atom. The van der Waals surface area contributed by atoms with E-state index in [0.717, 1.165) is 24.3 Å². The Morgan fingerprint density at radius 2 is 1.46 bits per heavy atom. The number of esters is 1. The van der Waals surface area contributed by atoms with Crippen molar-refractivity contribution >= 4 is 24.4 Å². The third-order valence-corrected chi connectivity index (χ3v) is 5.72. The van der Waals surface area contributed by atoms with Crippen LogP contribution in [-0.4, -0.2) is 36.8 Å². The molecule has 26 heavy (non-hydrogen) atoms. The minimum absolute atomic E-state index is 0.0459. The standard InChI is InChI=1S/C22H43NO2S/c1-4-5-6-7-8-9-10-11-12-13-14-15-18-25-22(24)17-20-26-19-16-21(2)23-3/h21H,3-20H2,1-2H3. The van der Waals surface area contributed by atoms with Crippen molar-refractivity contribution in [3.8, 4) is 0 Å². The number of rotatable bonds is 20. The molecule has 0 saturated carbocycles. The number of thioether (sulfide) groups is 1. The van der Waals surface area contributed by atoms with Gasteiger partial charge in [-0.05, 0) is 32.2 Å². The van der Waals surface area contributed by atoms with Gasteiger partial charge in [0, 0.05) is 11.8 Å². The minimum atomic E-state index is -0.0459. The summed E-state index contributed by atoms with van der Waals surface area (Å²) in [5.41, 5.74) is 0. The molecule has 0 radical (unpaired) electrons. The second kappa shape index (κ2) is 20.8. The van der Waals surface area contributed by atoms with Crippen LogP contribution in [0.5, 0.6) is 0 Å². The van der Waals surface area contributed by atoms with Gasteiger partial charge in [0.1, 0.15) is 0 Å². The molecule has 0 aromatic heterocycles. The van der Waals surface area contributed by atoms with Gasteiger partial charge in [-0.15, -0.1) is 0 Å². The summed E-state index contributed by atoms with van der Waals surface area (Å²) in [7, 11) is 0. The second-order valence-corrected chi connectivity index (χ2v) is 8.52. The molecule has 0 aliphatic carbocycles.